The number of pyridine rings is 1. The van der Waals surface area contributed by atoms with Crippen LogP contribution < -0.4 is 0 Å². The Morgan fingerprint density at radius 3 is 2.38 bits per heavy atom. The van der Waals surface area contributed by atoms with E-state index in [0.29, 0.717) is 0 Å². The van der Waals surface area contributed by atoms with Gasteiger partial charge >= 0.3 is 24.8 Å². The van der Waals surface area contributed by atoms with Gasteiger partial charge in [0.05, 0.1) is 17.5 Å². The Kier molecular flexibility index (Phi) is 5.22. The Balaban J connectivity index is 0.00000196. The van der Waals surface area contributed by atoms with Gasteiger partial charge in [-0.3, -0.25) is 14.3 Å². The third-order valence-corrected chi connectivity index (χ3v) is 4.13. The van der Waals surface area contributed by atoms with Crippen LogP contribution in [0.5, 0.6) is 0 Å². The van der Waals surface area contributed by atoms with Crippen LogP contribution in [-0.4, -0.2) is 44.5 Å². The third kappa shape index (κ3) is 3.55. The number of aliphatic carboxylic acids is 1. The summed E-state index contributed by atoms with van der Waals surface area (Å²) in [4.78, 5) is 19.3. The number of carboxylic acid groups (broad SMARTS) is 1. The minimum atomic E-state index is -0.829. The Bertz CT molecular complexity index is 1040. The van der Waals surface area contributed by atoms with Gasteiger partial charge in [-0.1, -0.05) is 18.2 Å². The van der Waals surface area contributed by atoms with Crippen LogP contribution in [0.2, 0.25) is 0 Å². The topological polar surface area (TPSA) is 68.0 Å². The van der Waals surface area contributed by atoms with E-state index in [0.717, 1.165) is 33.4 Å². The molecule has 1 N–H and O–H groups in total. The van der Waals surface area contributed by atoms with Crippen molar-refractivity contribution in [1.82, 2.24) is 14.5 Å². The van der Waals surface area contributed by atoms with Crippen molar-refractivity contribution in [3.8, 4) is 16.8 Å². The van der Waals surface area contributed by atoms with E-state index in [1.54, 1.807) is 18.7 Å². The summed E-state index contributed by atoms with van der Waals surface area (Å²) in [5.41, 5.74) is 5.84. The summed E-state index contributed by atoms with van der Waals surface area (Å²) in [6.45, 7) is 0. The number of hydrogen-bond acceptors (Lipinski definition) is 3. The molecule has 2 heterocycles. The predicted molar refractivity (Wildman–Crippen MR) is 103 cm³/mol. The van der Waals surface area contributed by atoms with Gasteiger partial charge in [0.2, 0.25) is 0 Å². The zero-order chi connectivity index (χ0) is 17.2. The first-order valence-corrected chi connectivity index (χ1v) is 7.89. The maximum atomic E-state index is 10.8. The van der Waals surface area contributed by atoms with Gasteiger partial charge in [0, 0.05) is 18.1 Å². The Labute approximate surface area is 162 Å². The van der Waals surface area contributed by atoms with Gasteiger partial charge in [-0.2, -0.15) is 0 Å². The van der Waals surface area contributed by atoms with Gasteiger partial charge in [-0.25, -0.2) is 4.98 Å². The molecule has 0 amide bonds. The number of fused-ring (bicyclic) bond motifs is 1. The normalized spacial score (nSPS) is 10.5. The summed E-state index contributed by atoms with van der Waals surface area (Å²) in [5.74, 6) is -0.829. The van der Waals surface area contributed by atoms with Crippen LogP contribution in [0.4, 0.5) is 0 Å². The predicted octanol–water partition coefficient (Wildman–Crippen LogP) is 3.07. The summed E-state index contributed by atoms with van der Waals surface area (Å²) in [6, 6.07) is 17.6. The Hall–Kier alpha value is -2.87. The molecule has 4 rings (SSSR count). The zero-order valence-corrected chi connectivity index (χ0v) is 13.3. The van der Waals surface area contributed by atoms with Gasteiger partial charge < -0.3 is 5.11 Å². The molecule has 2 aromatic carbocycles. The van der Waals surface area contributed by atoms with Gasteiger partial charge in [0.1, 0.15) is 6.33 Å². The van der Waals surface area contributed by atoms with Crippen LogP contribution in [0.25, 0.3) is 27.8 Å². The van der Waals surface area contributed by atoms with Crippen molar-refractivity contribution in [3.63, 3.8) is 0 Å². The number of benzene rings is 2. The van der Waals surface area contributed by atoms with E-state index in [4.69, 9.17) is 5.11 Å². The molecule has 0 aliphatic carbocycles. The number of carboxylic acids is 1. The summed E-state index contributed by atoms with van der Waals surface area (Å²) >= 11 is 0. The summed E-state index contributed by atoms with van der Waals surface area (Å²) in [5, 5.41) is 8.86. The molecule has 0 spiro atoms. The van der Waals surface area contributed by atoms with Crippen molar-refractivity contribution in [2.45, 2.75) is 6.42 Å². The van der Waals surface area contributed by atoms with E-state index in [-0.39, 0.29) is 25.3 Å². The standard InChI is InChI=1S/C20H15N3O2.Li.H/c24-20(25)11-14-1-4-17(5-2-14)23-13-22-18-12-16(3-6-19(18)23)15-7-9-21-10-8-15;;/h1-10,12-13H,11H2,(H,24,25);;. The van der Waals surface area contributed by atoms with E-state index in [1.807, 2.05) is 47.0 Å². The molecule has 2 aromatic heterocycles. The molecule has 4 aromatic rings. The van der Waals surface area contributed by atoms with Crippen LogP contribution in [0.15, 0.2) is 73.3 Å². The van der Waals surface area contributed by atoms with E-state index in [1.165, 1.54) is 0 Å². The molecule has 0 bridgehead atoms. The number of carbonyl (C=O) groups is 1. The van der Waals surface area contributed by atoms with Crippen molar-refractivity contribution in [3.05, 3.63) is 78.9 Å². The molecule has 0 unspecified atom stereocenters. The molecule has 124 valence electrons. The van der Waals surface area contributed by atoms with Crippen LogP contribution in [0.1, 0.15) is 5.56 Å². The van der Waals surface area contributed by atoms with Crippen molar-refractivity contribution in [2.75, 3.05) is 0 Å². The molecule has 6 heteroatoms. The third-order valence-electron chi connectivity index (χ3n) is 4.13. The quantitative estimate of drug-likeness (QED) is 0.581. The minimum absolute atomic E-state index is 0. The fraction of sp³-hybridized carbons (Fsp3) is 0.0500. The molecule has 0 saturated heterocycles. The maximum absolute atomic E-state index is 10.8. The van der Waals surface area contributed by atoms with Gasteiger partial charge in [-0.05, 0) is 53.1 Å². The first kappa shape index (κ1) is 17.9. The molecule has 5 nitrogen and oxygen atoms in total. The Morgan fingerprint density at radius 1 is 0.962 bits per heavy atom. The molecular formula is C20H16LiN3O2. The van der Waals surface area contributed by atoms with Gasteiger partial charge in [0.15, 0.2) is 0 Å². The first-order chi connectivity index (χ1) is 12.2. The van der Waals surface area contributed by atoms with E-state index < -0.39 is 5.97 Å². The van der Waals surface area contributed by atoms with Crippen LogP contribution in [0.3, 0.4) is 0 Å². The van der Waals surface area contributed by atoms with Gasteiger partial charge in [0.25, 0.3) is 0 Å². The van der Waals surface area contributed by atoms with E-state index >= 15 is 0 Å². The fourth-order valence-electron chi connectivity index (χ4n) is 2.89. The number of rotatable bonds is 4. The summed E-state index contributed by atoms with van der Waals surface area (Å²) in [6.07, 6.45) is 5.36. The second kappa shape index (κ2) is 7.57. The number of imidazole rings is 1. The summed E-state index contributed by atoms with van der Waals surface area (Å²) < 4.78 is 2.00. The number of hydrogen-bond donors (Lipinski definition) is 1. The molecule has 0 aliphatic rings. The van der Waals surface area contributed by atoms with E-state index in [9.17, 15) is 4.79 Å². The Morgan fingerprint density at radius 2 is 1.69 bits per heavy atom. The molecule has 0 fully saturated rings. The molecule has 26 heavy (non-hydrogen) atoms. The molecular weight excluding hydrogens is 321 g/mol. The SMILES string of the molecule is O=C(O)Cc1ccc(-n2cnc3cc(-c4ccncc4)ccc32)cc1.[LiH]. The van der Waals surface area contributed by atoms with Crippen molar-refractivity contribution in [2.24, 2.45) is 0 Å². The van der Waals surface area contributed by atoms with Crippen LogP contribution in [0, 0.1) is 0 Å². The van der Waals surface area contributed by atoms with Crippen molar-refractivity contribution >= 4 is 35.9 Å². The average Bonchev–Trinajstić information content (AvgIpc) is 3.06. The molecule has 0 atom stereocenters. The summed E-state index contributed by atoms with van der Waals surface area (Å²) in [7, 11) is 0. The number of nitrogens with zero attached hydrogens (tertiary/aromatic N) is 3. The van der Waals surface area contributed by atoms with Crippen molar-refractivity contribution < 1.29 is 9.90 Å². The van der Waals surface area contributed by atoms with Crippen molar-refractivity contribution in [1.29, 1.82) is 0 Å². The molecule has 0 aliphatic heterocycles. The second-order valence-corrected chi connectivity index (χ2v) is 5.79. The molecule has 0 radical (unpaired) electrons. The first-order valence-electron chi connectivity index (χ1n) is 7.89. The van der Waals surface area contributed by atoms with Crippen LogP contribution >= 0.6 is 0 Å². The fourth-order valence-corrected chi connectivity index (χ4v) is 2.89. The van der Waals surface area contributed by atoms with Crippen LogP contribution in [-0.2, 0) is 11.2 Å². The molecule has 0 saturated carbocycles. The second-order valence-electron chi connectivity index (χ2n) is 5.79. The number of aromatic nitrogens is 3. The monoisotopic (exact) mass is 337 g/mol. The van der Waals surface area contributed by atoms with Gasteiger partial charge in [-0.15, -0.1) is 0 Å². The van der Waals surface area contributed by atoms with E-state index in [2.05, 4.69) is 22.1 Å². The average molecular weight is 337 g/mol. The zero-order valence-electron chi connectivity index (χ0n) is 13.3.